The van der Waals surface area contributed by atoms with E-state index in [1.807, 2.05) is 36.1 Å². The summed E-state index contributed by atoms with van der Waals surface area (Å²) in [4.78, 5) is 44.1. The van der Waals surface area contributed by atoms with Crippen molar-refractivity contribution in [2.24, 2.45) is 0 Å². The van der Waals surface area contributed by atoms with E-state index in [2.05, 4.69) is 6.92 Å². The minimum Gasteiger partial charge on any atom is -0.497 e. The maximum absolute atomic E-state index is 14.0. The number of amides is 1. The number of methoxy groups -OCH3 is 2. The Morgan fingerprint density at radius 3 is 1.82 bits per heavy atom. The number of benzene rings is 2. The van der Waals surface area contributed by atoms with E-state index >= 15 is 0 Å². The van der Waals surface area contributed by atoms with Crippen LogP contribution in [0.15, 0.2) is 48.5 Å². The summed E-state index contributed by atoms with van der Waals surface area (Å²) in [6.45, 7) is 7.69. The van der Waals surface area contributed by atoms with Crippen LogP contribution in [0.1, 0.15) is 53.4 Å². The molecule has 0 spiro atoms. The molecule has 1 amide bonds. The summed E-state index contributed by atoms with van der Waals surface area (Å²) in [5.41, 5.74) is 1.20. The lowest BCUT2D eigenvalue weighted by molar-refractivity contribution is -0.147. The van der Waals surface area contributed by atoms with E-state index in [0.29, 0.717) is 29.5 Å². The van der Waals surface area contributed by atoms with Crippen molar-refractivity contribution in [1.29, 1.82) is 0 Å². The molecule has 9 heteroatoms. The van der Waals surface area contributed by atoms with Gasteiger partial charge in [-0.05, 0) is 68.8 Å². The molecule has 39 heavy (non-hydrogen) atoms. The third-order valence-corrected chi connectivity index (χ3v) is 7.38. The third kappa shape index (κ3) is 8.92. The molecule has 8 nitrogen and oxygen atoms in total. The van der Waals surface area contributed by atoms with E-state index in [4.69, 9.17) is 14.2 Å². The van der Waals surface area contributed by atoms with Gasteiger partial charge in [-0.3, -0.25) is 14.5 Å². The summed E-state index contributed by atoms with van der Waals surface area (Å²) in [6.07, 6.45) is 4.13. The van der Waals surface area contributed by atoms with Crippen molar-refractivity contribution in [1.82, 2.24) is 0 Å². The van der Waals surface area contributed by atoms with Crippen molar-refractivity contribution in [3.05, 3.63) is 48.5 Å². The zero-order valence-corrected chi connectivity index (χ0v) is 24.8. The number of thioether (sulfide) groups is 1. The van der Waals surface area contributed by atoms with Gasteiger partial charge in [0.05, 0.1) is 20.8 Å². The molecule has 2 aromatic carbocycles. The Hall–Kier alpha value is -3.20. The molecule has 2 unspecified atom stereocenters. The zero-order valence-electron chi connectivity index (χ0n) is 24.0. The molecular weight excluding hydrogens is 516 g/mol. The highest BCUT2D eigenvalue weighted by molar-refractivity contribution is 8.13. The zero-order chi connectivity index (χ0) is 28.8. The topological polar surface area (TPSA) is 85.4 Å². The fourth-order valence-corrected chi connectivity index (χ4v) is 5.39. The number of esters is 1. The number of rotatable bonds is 16. The van der Waals surface area contributed by atoms with E-state index in [1.54, 1.807) is 45.4 Å². The Morgan fingerprint density at radius 2 is 1.36 bits per heavy atom. The number of nitrogens with zero attached hydrogens (tertiary/aromatic N) is 2. The number of likely N-dealkylation sites (N-methyl/N-ethyl adjacent to an activating group) is 1. The first kappa shape index (κ1) is 32.0. The molecule has 0 aliphatic heterocycles. The minimum absolute atomic E-state index is 0.115. The van der Waals surface area contributed by atoms with Gasteiger partial charge in [0.1, 0.15) is 17.5 Å². The first-order valence-corrected chi connectivity index (χ1v) is 14.5. The molecular formula is C30H42N2O6S. The predicted molar refractivity (Wildman–Crippen MR) is 158 cm³/mol. The van der Waals surface area contributed by atoms with Crippen LogP contribution in [0.3, 0.4) is 0 Å². The Labute approximate surface area is 237 Å². The number of hydrogen-bond acceptors (Lipinski definition) is 8. The Morgan fingerprint density at radius 1 is 0.795 bits per heavy atom. The van der Waals surface area contributed by atoms with E-state index in [1.165, 1.54) is 23.6 Å². The molecule has 2 rings (SSSR count). The van der Waals surface area contributed by atoms with Crippen LogP contribution in [0, 0.1) is 0 Å². The van der Waals surface area contributed by atoms with E-state index < -0.39 is 18.1 Å². The van der Waals surface area contributed by atoms with Crippen molar-refractivity contribution >= 4 is 40.1 Å². The van der Waals surface area contributed by atoms with E-state index in [9.17, 15) is 14.4 Å². The van der Waals surface area contributed by atoms with Gasteiger partial charge in [0.2, 0.25) is 11.0 Å². The molecule has 0 aliphatic carbocycles. The second-order valence-electron chi connectivity index (χ2n) is 8.94. The minimum atomic E-state index is -1.21. The highest BCUT2D eigenvalue weighted by Gasteiger charge is 2.44. The van der Waals surface area contributed by atoms with Crippen LogP contribution >= 0.6 is 11.8 Å². The number of anilines is 2. The molecule has 2 atom stereocenters. The summed E-state index contributed by atoms with van der Waals surface area (Å²) < 4.78 is 16.1. The highest BCUT2D eigenvalue weighted by atomic mass is 32.2. The number of ether oxygens (including phenoxy) is 3. The molecule has 0 aliphatic rings. The fraction of sp³-hybridized carbons (Fsp3) is 0.500. The van der Waals surface area contributed by atoms with Crippen molar-refractivity contribution in [2.75, 3.05) is 42.9 Å². The second-order valence-corrected chi connectivity index (χ2v) is 10.0. The number of unbranched alkanes of at least 4 members (excludes halogenated alkanes) is 3. The first-order valence-electron chi connectivity index (χ1n) is 13.5. The van der Waals surface area contributed by atoms with Crippen LogP contribution in [-0.4, -0.2) is 62.2 Å². The summed E-state index contributed by atoms with van der Waals surface area (Å²) >= 11 is 1.20. The van der Waals surface area contributed by atoms with Crippen LogP contribution in [0.2, 0.25) is 0 Å². The quantitative estimate of drug-likeness (QED) is 0.191. The Kier molecular flexibility index (Phi) is 13.7. The van der Waals surface area contributed by atoms with E-state index in [0.717, 1.165) is 31.4 Å². The van der Waals surface area contributed by atoms with Gasteiger partial charge in [0.15, 0.2) is 6.04 Å². The molecule has 2 aromatic rings. The fourth-order valence-electron chi connectivity index (χ4n) is 4.41. The molecule has 0 bridgehead atoms. The van der Waals surface area contributed by atoms with Gasteiger partial charge in [-0.1, -0.05) is 37.9 Å². The maximum Gasteiger partial charge on any atom is 0.331 e. The first-order chi connectivity index (χ1) is 18.8. The van der Waals surface area contributed by atoms with Crippen molar-refractivity contribution in [3.63, 3.8) is 0 Å². The smallest absolute Gasteiger partial charge is 0.331 e. The van der Waals surface area contributed by atoms with Gasteiger partial charge >= 0.3 is 5.97 Å². The average Bonchev–Trinajstić information content (AvgIpc) is 2.94. The largest absolute Gasteiger partial charge is 0.497 e. The molecule has 0 fully saturated rings. The molecule has 0 radical (unpaired) electrons. The number of hydrogen-bond donors (Lipinski definition) is 0. The lowest BCUT2D eigenvalue weighted by atomic mass is 10.0. The van der Waals surface area contributed by atoms with Gasteiger partial charge in [-0.2, -0.15) is 0 Å². The summed E-state index contributed by atoms with van der Waals surface area (Å²) in [7, 11) is 3.14. The molecule has 214 valence electrons. The lowest BCUT2D eigenvalue weighted by Gasteiger charge is -2.40. The second kappa shape index (κ2) is 16.7. The van der Waals surface area contributed by atoms with Gasteiger partial charge in [-0.25, -0.2) is 4.79 Å². The SMILES string of the molecule is CCCCCCSC(=O)C(C(C(=O)OCC)N(C(C)=O)c1ccc(OC)cc1)N(CC)c1ccc(OC)cc1. The molecule has 0 heterocycles. The van der Waals surface area contributed by atoms with Gasteiger partial charge in [-0.15, -0.1) is 0 Å². The van der Waals surface area contributed by atoms with Gasteiger partial charge in [0, 0.05) is 30.6 Å². The van der Waals surface area contributed by atoms with Gasteiger partial charge in [0.25, 0.3) is 0 Å². The summed E-state index contributed by atoms with van der Waals surface area (Å²) in [5, 5.41) is -0.193. The highest BCUT2D eigenvalue weighted by Crippen LogP contribution is 2.31. The van der Waals surface area contributed by atoms with Crippen LogP contribution in [0.25, 0.3) is 0 Å². The Balaban J connectivity index is 2.64. The van der Waals surface area contributed by atoms with Crippen LogP contribution in [0.4, 0.5) is 11.4 Å². The van der Waals surface area contributed by atoms with Crippen LogP contribution < -0.4 is 19.3 Å². The predicted octanol–water partition coefficient (Wildman–Crippen LogP) is 5.72. The normalized spacial score (nSPS) is 12.3. The van der Waals surface area contributed by atoms with Crippen molar-refractivity contribution in [3.8, 4) is 11.5 Å². The Bertz CT molecular complexity index is 1040. The summed E-state index contributed by atoms with van der Waals surface area (Å²) in [5.74, 6) is 0.899. The average molecular weight is 559 g/mol. The van der Waals surface area contributed by atoms with Crippen LogP contribution in [-0.2, 0) is 19.1 Å². The van der Waals surface area contributed by atoms with Crippen molar-refractivity contribution in [2.45, 2.75) is 65.5 Å². The van der Waals surface area contributed by atoms with Gasteiger partial charge < -0.3 is 19.1 Å². The lowest BCUT2D eigenvalue weighted by Crippen LogP contribution is -2.60. The van der Waals surface area contributed by atoms with Crippen LogP contribution in [0.5, 0.6) is 11.5 Å². The standard InChI is InChI=1S/C30H42N2O6S/c1-7-10-11-12-21-39-30(35)28(31(8-2)23-13-17-25(36-5)18-14-23)27(29(34)38-9-3)32(22(4)33)24-15-19-26(37-6)20-16-24/h13-20,27-28H,7-12,21H2,1-6H3. The van der Waals surface area contributed by atoms with Crippen molar-refractivity contribution < 1.29 is 28.6 Å². The number of carbonyl (C=O) groups excluding carboxylic acids is 3. The monoisotopic (exact) mass is 558 g/mol. The molecule has 0 saturated heterocycles. The summed E-state index contributed by atoms with van der Waals surface area (Å²) in [6, 6.07) is 11.9. The molecule has 0 aromatic heterocycles. The van der Waals surface area contributed by atoms with E-state index in [-0.39, 0.29) is 17.6 Å². The third-order valence-electron chi connectivity index (χ3n) is 6.36. The molecule has 0 saturated carbocycles. The molecule has 0 N–H and O–H groups in total. The maximum atomic E-state index is 14.0. The number of carbonyl (C=O) groups is 3.